The Hall–Kier alpha value is -2.56. The molecule has 0 spiro atoms. The zero-order chi connectivity index (χ0) is 14.8. The quantitative estimate of drug-likeness (QED) is 0.721. The number of nitrogens with two attached hydrogens (primary N) is 1. The van der Waals surface area contributed by atoms with Crippen molar-refractivity contribution in [2.24, 2.45) is 7.05 Å². The zero-order valence-corrected chi connectivity index (χ0v) is 12.3. The molecule has 21 heavy (non-hydrogen) atoms. The molecule has 0 radical (unpaired) electrons. The summed E-state index contributed by atoms with van der Waals surface area (Å²) in [5, 5.41) is 8.97. The van der Waals surface area contributed by atoms with E-state index in [0.29, 0.717) is 5.69 Å². The molecule has 0 unspecified atom stereocenters. The van der Waals surface area contributed by atoms with E-state index < -0.39 is 0 Å². The fourth-order valence-electron chi connectivity index (χ4n) is 2.57. The molecular weight excluding hydrogens is 262 g/mol. The molecule has 3 rings (SSSR count). The second-order valence-electron chi connectivity index (χ2n) is 5.08. The molecule has 0 amide bonds. The Kier molecular flexibility index (Phi) is 3.48. The van der Waals surface area contributed by atoms with E-state index >= 15 is 0 Å². The van der Waals surface area contributed by atoms with Gasteiger partial charge < -0.3 is 11.1 Å². The van der Waals surface area contributed by atoms with Crippen molar-refractivity contribution in [3.63, 3.8) is 0 Å². The number of rotatable bonds is 4. The van der Waals surface area contributed by atoms with Gasteiger partial charge in [-0.15, -0.1) is 0 Å². The van der Waals surface area contributed by atoms with Gasteiger partial charge in [-0.05, 0) is 18.6 Å². The standard InChI is InChI=1S/C16H19N5/c1-3-14-11(10-21(2)20-14)9-19-15-7-8-18-16-12(15)5-4-6-13(16)17/h4-8,10H,3,9,17H2,1-2H3,(H,18,19). The number of fused-ring (bicyclic) bond motifs is 1. The van der Waals surface area contributed by atoms with Crippen LogP contribution in [0.5, 0.6) is 0 Å². The largest absolute Gasteiger partial charge is 0.397 e. The van der Waals surface area contributed by atoms with Gasteiger partial charge >= 0.3 is 0 Å². The molecule has 5 nitrogen and oxygen atoms in total. The molecule has 108 valence electrons. The van der Waals surface area contributed by atoms with Crippen molar-refractivity contribution in [3.8, 4) is 0 Å². The van der Waals surface area contributed by atoms with Gasteiger partial charge in [-0.25, -0.2) is 0 Å². The summed E-state index contributed by atoms with van der Waals surface area (Å²) in [5.74, 6) is 0. The summed E-state index contributed by atoms with van der Waals surface area (Å²) in [6.07, 6.45) is 4.77. The second-order valence-corrected chi connectivity index (χ2v) is 5.08. The highest BCUT2D eigenvalue weighted by molar-refractivity contribution is 5.97. The van der Waals surface area contributed by atoms with Crippen LogP contribution >= 0.6 is 0 Å². The third kappa shape index (κ3) is 2.54. The summed E-state index contributed by atoms with van der Waals surface area (Å²) in [7, 11) is 1.95. The first-order chi connectivity index (χ1) is 10.2. The molecule has 3 N–H and O–H groups in total. The molecule has 0 aliphatic rings. The van der Waals surface area contributed by atoms with E-state index in [1.54, 1.807) is 6.20 Å². The predicted molar refractivity (Wildman–Crippen MR) is 86.1 cm³/mol. The smallest absolute Gasteiger partial charge is 0.0951 e. The molecule has 1 aromatic carbocycles. The number of aromatic nitrogens is 3. The fraction of sp³-hybridized carbons (Fsp3) is 0.250. The normalized spacial score (nSPS) is 11.0. The number of para-hydroxylation sites is 1. The topological polar surface area (TPSA) is 68.8 Å². The first-order valence-electron chi connectivity index (χ1n) is 7.07. The van der Waals surface area contributed by atoms with E-state index in [1.165, 1.54) is 5.56 Å². The predicted octanol–water partition coefficient (Wildman–Crippen LogP) is 2.73. The van der Waals surface area contributed by atoms with Gasteiger partial charge in [-0.3, -0.25) is 9.67 Å². The van der Waals surface area contributed by atoms with Crippen molar-refractivity contribution in [2.75, 3.05) is 11.1 Å². The molecular formula is C16H19N5. The molecule has 0 aliphatic heterocycles. The molecule has 0 saturated carbocycles. The van der Waals surface area contributed by atoms with Gasteiger partial charge in [0.15, 0.2) is 0 Å². The third-order valence-electron chi connectivity index (χ3n) is 3.60. The van der Waals surface area contributed by atoms with Crippen LogP contribution < -0.4 is 11.1 Å². The third-order valence-corrected chi connectivity index (χ3v) is 3.60. The molecule has 0 bridgehead atoms. The Bertz CT molecular complexity index is 775. The second kappa shape index (κ2) is 5.44. The van der Waals surface area contributed by atoms with Crippen molar-refractivity contribution in [3.05, 3.63) is 47.9 Å². The number of pyridine rings is 1. The van der Waals surface area contributed by atoms with E-state index in [2.05, 4.69) is 28.5 Å². The van der Waals surface area contributed by atoms with Gasteiger partial charge in [0.2, 0.25) is 0 Å². The van der Waals surface area contributed by atoms with Crippen molar-refractivity contribution in [1.29, 1.82) is 0 Å². The van der Waals surface area contributed by atoms with Crippen molar-refractivity contribution < 1.29 is 0 Å². The average Bonchev–Trinajstić information content (AvgIpc) is 2.86. The molecule has 5 heteroatoms. The Morgan fingerprint density at radius 1 is 1.29 bits per heavy atom. The van der Waals surface area contributed by atoms with Crippen LogP contribution in [-0.2, 0) is 20.0 Å². The van der Waals surface area contributed by atoms with Gasteiger partial charge in [0.05, 0.1) is 16.9 Å². The number of aryl methyl sites for hydroxylation is 2. The molecule has 2 aromatic heterocycles. The van der Waals surface area contributed by atoms with E-state index in [0.717, 1.165) is 35.2 Å². The van der Waals surface area contributed by atoms with Crippen LogP contribution in [0.25, 0.3) is 10.9 Å². The summed E-state index contributed by atoms with van der Waals surface area (Å²) in [5.41, 5.74) is 10.9. The van der Waals surface area contributed by atoms with Crippen LogP contribution in [0.1, 0.15) is 18.2 Å². The Morgan fingerprint density at radius 3 is 2.95 bits per heavy atom. The monoisotopic (exact) mass is 281 g/mol. The highest BCUT2D eigenvalue weighted by Crippen LogP contribution is 2.26. The summed E-state index contributed by atoms with van der Waals surface area (Å²) < 4.78 is 1.86. The van der Waals surface area contributed by atoms with Gasteiger partial charge in [0.1, 0.15) is 0 Å². The molecule has 2 heterocycles. The number of hydrogen-bond acceptors (Lipinski definition) is 4. The van der Waals surface area contributed by atoms with Gasteiger partial charge in [0.25, 0.3) is 0 Å². The lowest BCUT2D eigenvalue weighted by atomic mass is 10.1. The van der Waals surface area contributed by atoms with Crippen LogP contribution in [0.15, 0.2) is 36.7 Å². The highest BCUT2D eigenvalue weighted by atomic mass is 15.3. The van der Waals surface area contributed by atoms with Crippen molar-refractivity contribution >= 4 is 22.3 Å². The van der Waals surface area contributed by atoms with Crippen molar-refractivity contribution in [1.82, 2.24) is 14.8 Å². The maximum Gasteiger partial charge on any atom is 0.0951 e. The Labute approximate surface area is 123 Å². The number of nitrogens with zero attached hydrogens (tertiary/aromatic N) is 3. The lowest BCUT2D eigenvalue weighted by Gasteiger charge is -2.10. The first kappa shape index (κ1) is 13.4. The average molecular weight is 281 g/mol. The van der Waals surface area contributed by atoms with Gasteiger partial charge in [-0.1, -0.05) is 19.1 Å². The molecule has 0 saturated heterocycles. The molecule has 3 aromatic rings. The summed E-state index contributed by atoms with van der Waals surface area (Å²) in [4.78, 5) is 4.35. The van der Waals surface area contributed by atoms with E-state index in [1.807, 2.05) is 36.0 Å². The minimum absolute atomic E-state index is 0.701. The Morgan fingerprint density at radius 2 is 2.14 bits per heavy atom. The maximum absolute atomic E-state index is 5.98. The van der Waals surface area contributed by atoms with Gasteiger partial charge in [0, 0.05) is 42.6 Å². The van der Waals surface area contributed by atoms with Crippen LogP contribution in [-0.4, -0.2) is 14.8 Å². The maximum atomic E-state index is 5.98. The minimum atomic E-state index is 0.701. The fourth-order valence-corrected chi connectivity index (χ4v) is 2.57. The number of benzene rings is 1. The van der Waals surface area contributed by atoms with E-state index in [-0.39, 0.29) is 0 Å². The lowest BCUT2D eigenvalue weighted by Crippen LogP contribution is -2.02. The van der Waals surface area contributed by atoms with E-state index in [9.17, 15) is 0 Å². The van der Waals surface area contributed by atoms with Crippen LogP contribution in [0.2, 0.25) is 0 Å². The minimum Gasteiger partial charge on any atom is -0.397 e. The lowest BCUT2D eigenvalue weighted by molar-refractivity contribution is 0.746. The summed E-state index contributed by atoms with van der Waals surface area (Å²) in [6, 6.07) is 7.83. The van der Waals surface area contributed by atoms with Crippen LogP contribution in [0.3, 0.4) is 0 Å². The number of nitrogen functional groups attached to an aromatic ring is 1. The Balaban J connectivity index is 1.90. The van der Waals surface area contributed by atoms with E-state index in [4.69, 9.17) is 5.73 Å². The SMILES string of the molecule is CCc1nn(C)cc1CNc1ccnc2c(N)cccc12. The van der Waals surface area contributed by atoms with Crippen LogP contribution in [0, 0.1) is 0 Å². The summed E-state index contributed by atoms with van der Waals surface area (Å²) >= 11 is 0. The zero-order valence-electron chi connectivity index (χ0n) is 12.3. The number of anilines is 2. The molecule has 0 atom stereocenters. The number of nitrogens with one attached hydrogen (secondary N) is 1. The van der Waals surface area contributed by atoms with Gasteiger partial charge in [-0.2, -0.15) is 5.10 Å². The first-order valence-corrected chi connectivity index (χ1v) is 7.07. The van der Waals surface area contributed by atoms with Crippen LogP contribution in [0.4, 0.5) is 11.4 Å². The number of hydrogen-bond donors (Lipinski definition) is 2. The van der Waals surface area contributed by atoms with Crippen molar-refractivity contribution in [2.45, 2.75) is 19.9 Å². The molecule has 0 aliphatic carbocycles. The molecule has 0 fully saturated rings. The highest BCUT2D eigenvalue weighted by Gasteiger charge is 2.08. The summed E-state index contributed by atoms with van der Waals surface area (Å²) in [6.45, 7) is 2.86.